The number of benzene rings is 1. The zero-order valence-electron chi connectivity index (χ0n) is 13.6. The van der Waals surface area contributed by atoms with Crippen molar-refractivity contribution < 1.29 is 9.90 Å². The molecule has 0 spiro atoms. The van der Waals surface area contributed by atoms with Crippen molar-refractivity contribution >= 4 is 5.91 Å². The van der Waals surface area contributed by atoms with Crippen LogP contribution >= 0.6 is 0 Å². The Morgan fingerprint density at radius 3 is 2.38 bits per heavy atom. The first-order chi connectivity index (χ1) is 9.97. The van der Waals surface area contributed by atoms with E-state index < -0.39 is 6.10 Å². The van der Waals surface area contributed by atoms with Gasteiger partial charge in [-0.25, -0.2) is 0 Å². The smallest absolute Gasteiger partial charge is 0.226 e. The van der Waals surface area contributed by atoms with Crippen LogP contribution in [0.15, 0.2) is 18.2 Å². The Hall–Kier alpha value is -1.35. The van der Waals surface area contributed by atoms with Gasteiger partial charge in [0.1, 0.15) is 0 Å². The molecule has 1 unspecified atom stereocenters. The van der Waals surface area contributed by atoms with Gasteiger partial charge in [-0.3, -0.25) is 4.79 Å². The van der Waals surface area contributed by atoms with Crippen molar-refractivity contribution in [3.05, 3.63) is 34.9 Å². The summed E-state index contributed by atoms with van der Waals surface area (Å²) in [7, 11) is 0. The Labute approximate surface area is 128 Å². The van der Waals surface area contributed by atoms with Crippen LogP contribution in [0.4, 0.5) is 0 Å². The fraction of sp³-hybridized carbons (Fsp3) is 0.611. The SMILES string of the molecule is CCC(CC)C(=O)N1Cc2ccc(C(O)C(C)C)cc2C1. The van der Waals surface area contributed by atoms with Gasteiger partial charge in [0.2, 0.25) is 5.91 Å². The molecule has 0 fully saturated rings. The zero-order chi connectivity index (χ0) is 15.6. The van der Waals surface area contributed by atoms with Crippen LogP contribution in [-0.4, -0.2) is 15.9 Å². The summed E-state index contributed by atoms with van der Waals surface area (Å²) in [6, 6.07) is 6.13. The number of amides is 1. The normalized spacial score (nSPS) is 15.7. The van der Waals surface area contributed by atoms with E-state index in [0.717, 1.165) is 18.4 Å². The lowest BCUT2D eigenvalue weighted by Crippen LogP contribution is -2.31. The molecule has 21 heavy (non-hydrogen) atoms. The van der Waals surface area contributed by atoms with Crippen molar-refractivity contribution in [2.75, 3.05) is 0 Å². The van der Waals surface area contributed by atoms with Crippen molar-refractivity contribution in [3.8, 4) is 0 Å². The van der Waals surface area contributed by atoms with Gasteiger partial charge < -0.3 is 10.0 Å². The van der Waals surface area contributed by atoms with E-state index in [1.54, 1.807) is 0 Å². The molecule has 0 bridgehead atoms. The molecule has 0 aromatic heterocycles. The van der Waals surface area contributed by atoms with Crippen molar-refractivity contribution in [1.82, 2.24) is 4.90 Å². The number of aliphatic hydroxyl groups is 1. The third-order valence-electron chi connectivity index (χ3n) is 4.57. The minimum absolute atomic E-state index is 0.139. The second-order valence-electron chi connectivity index (χ2n) is 6.42. The summed E-state index contributed by atoms with van der Waals surface area (Å²) >= 11 is 0. The average molecular weight is 289 g/mol. The van der Waals surface area contributed by atoms with Gasteiger partial charge in [-0.1, -0.05) is 45.9 Å². The van der Waals surface area contributed by atoms with Crippen LogP contribution < -0.4 is 0 Å². The molecular formula is C18H27NO2. The maximum atomic E-state index is 12.5. The van der Waals surface area contributed by atoms with Gasteiger partial charge in [0.05, 0.1) is 6.10 Å². The minimum Gasteiger partial charge on any atom is -0.388 e. The van der Waals surface area contributed by atoms with Gasteiger partial charge in [-0.2, -0.15) is 0 Å². The highest BCUT2D eigenvalue weighted by Crippen LogP contribution is 2.30. The number of aliphatic hydroxyl groups excluding tert-OH is 1. The van der Waals surface area contributed by atoms with E-state index in [4.69, 9.17) is 0 Å². The fourth-order valence-corrected chi connectivity index (χ4v) is 3.04. The number of rotatable bonds is 5. The molecule has 116 valence electrons. The van der Waals surface area contributed by atoms with Gasteiger partial charge in [0.15, 0.2) is 0 Å². The Morgan fingerprint density at radius 2 is 1.81 bits per heavy atom. The van der Waals surface area contributed by atoms with Crippen LogP contribution in [0.2, 0.25) is 0 Å². The molecule has 1 aliphatic rings. The lowest BCUT2D eigenvalue weighted by molar-refractivity contribution is -0.136. The van der Waals surface area contributed by atoms with E-state index in [9.17, 15) is 9.90 Å². The minimum atomic E-state index is -0.431. The highest BCUT2D eigenvalue weighted by Gasteiger charge is 2.28. The van der Waals surface area contributed by atoms with E-state index >= 15 is 0 Å². The Kier molecular flexibility index (Phi) is 5.04. The van der Waals surface area contributed by atoms with Gasteiger partial charge in [-0.15, -0.1) is 0 Å². The third-order valence-corrected chi connectivity index (χ3v) is 4.57. The number of nitrogens with zero attached hydrogens (tertiary/aromatic N) is 1. The predicted octanol–water partition coefficient (Wildman–Crippen LogP) is 3.65. The predicted molar refractivity (Wildman–Crippen MR) is 84.6 cm³/mol. The molecule has 1 N–H and O–H groups in total. The lowest BCUT2D eigenvalue weighted by atomic mass is 9.96. The summed E-state index contributed by atoms with van der Waals surface area (Å²) in [5, 5.41) is 10.2. The number of fused-ring (bicyclic) bond motifs is 1. The highest BCUT2D eigenvalue weighted by molar-refractivity contribution is 5.79. The molecule has 1 heterocycles. The molecule has 0 aliphatic carbocycles. The van der Waals surface area contributed by atoms with Gasteiger partial charge in [-0.05, 0) is 35.4 Å². The Balaban J connectivity index is 2.14. The lowest BCUT2D eigenvalue weighted by Gasteiger charge is -2.21. The van der Waals surface area contributed by atoms with Gasteiger partial charge >= 0.3 is 0 Å². The maximum absolute atomic E-state index is 12.5. The van der Waals surface area contributed by atoms with E-state index in [1.807, 2.05) is 24.8 Å². The molecule has 1 aliphatic heterocycles. The number of carbonyl (C=O) groups excluding carboxylic acids is 1. The molecule has 2 rings (SSSR count). The Bertz CT molecular complexity index is 506. The average Bonchev–Trinajstić information content (AvgIpc) is 2.90. The molecular weight excluding hydrogens is 262 g/mol. The van der Waals surface area contributed by atoms with Gasteiger partial charge in [0, 0.05) is 19.0 Å². The first-order valence-corrected chi connectivity index (χ1v) is 8.06. The second-order valence-corrected chi connectivity index (χ2v) is 6.42. The van der Waals surface area contributed by atoms with Crippen LogP contribution in [0.5, 0.6) is 0 Å². The summed E-state index contributed by atoms with van der Waals surface area (Å²) < 4.78 is 0. The van der Waals surface area contributed by atoms with E-state index in [2.05, 4.69) is 26.0 Å². The summed E-state index contributed by atoms with van der Waals surface area (Å²) in [6.07, 6.45) is 1.37. The monoisotopic (exact) mass is 289 g/mol. The molecule has 3 nitrogen and oxygen atoms in total. The van der Waals surface area contributed by atoms with E-state index in [0.29, 0.717) is 13.1 Å². The van der Waals surface area contributed by atoms with E-state index in [1.165, 1.54) is 11.1 Å². The first-order valence-electron chi connectivity index (χ1n) is 8.06. The number of hydrogen-bond acceptors (Lipinski definition) is 2. The van der Waals surface area contributed by atoms with Gasteiger partial charge in [0.25, 0.3) is 0 Å². The second kappa shape index (κ2) is 6.61. The quantitative estimate of drug-likeness (QED) is 0.898. The molecule has 3 heteroatoms. The summed E-state index contributed by atoms with van der Waals surface area (Å²) in [5.41, 5.74) is 3.36. The molecule has 1 aromatic rings. The van der Waals surface area contributed by atoms with Crippen LogP contribution in [-0.2, 0) is 17.9 Å². The van der Waals surface area contributed by atoms with Crippen LogP contribution in [0, 0.1) is 11.8 Å². The largest absolute Gasteiger partial charge is 0.388 e. The maximum Gasteiger partial charge on any atom is 0.226 e. The molecule has 1 aromatic carbocycles. The van der Waals surface area contributed by atoms with Crippen molar-refractivity contribution in [2.24, 2.45) is 11.8 Å². The Morgan fingerprint density at radius 1 is 1.19 bits per heavy atom. The summed E-state index contributed by atoms with van der Waals surface area (Å²) in [4.78, 5) is 14.4. The molecule has 1 atom stereocenters. The van der Waals surface area contributed by atoms with Crippen LogP contribution in [0.25, 0.3) is 0 Å². The van der Waals surface area contributed by atoms with E-state index in [-0.39, 0.29) is 17.7 Å². The molecule has 0 saturated heterocycles. The van der Waals surface area contributed by atoms with Crippen LogP contribution in [0.1, 0.15) is 63.3 Å². The van der Waals surface area contributed by atoms with Crippen molar-refractivity contribution in [3.63, 3.8) is 0 Å². The third kappa shape index (κ3) is 3.29. The molecule has 0 radical (unpaired) electrons. The highest BCUT2D eigenvalue weighted by atomic mass is 16.3. The van der Waals surface area contributed by atoms with Crippen molar-refractivity contribution in [1.29, 1.82) is 0 Å². The fourth-order valence-electron chi connectivity index (χ4n) is 3.04. The summed E-state index contributed by atoms with van der Waals surface area (Å²) in [6.45, 7) is 9.58. The van der Waals surface area contributed by atoms with Crippen molar-refractivity contribution in [2.45, 2.75) is 59.7 Å². The van der Waals surface area contributed by atoms with Crippen LogP contribution in [0.3, 0.4) is 0 Å². The first kappa shape index (κ1) is 16.0. The number of carbonyl (C=O) groups is 1. The topological polar surface area (TPSA) is 40.5 Å². The molecule has 0 saturated carbocycles. The standard InChI is InChI=1S/C18H27NO2/c1-5-13(6-2)18(21)19-10-15-8-7-14(9-16(15)11-19)17(20)12(3)4/h7-9,12-13,17,20H,5-6,10-11H2,1-4H3. The summed E-state index contributed by atoms with van der Waals surface area (Å²) in [5.74, 6) is 0.606. The number of hydrogen-bond donors (Lipinski definition) is 1. The molecule has 1 amide bonds. The zero-order valence-corrected chi connectivity index (χ0v) is 13.6.